The van der Waals surface area contributed by atoms with Crippen molar-refractivity contribution in [1.29, 1.82) is 0 Å². The van der Waals surface area contributed by atoms with Gasteiger partial charge in [-0.25, -0.2) is 4.98 Å². The summed E-state index contributed by atoms with van der Waals surface area (Å²) in [5, 5.41) is 0.561. The third-order valence-electron chi connectivity index (χ3n) is 0.955. The van der Waals surface area contributed by atoms with Crippen molar-refractivity contribution >= 4 is 34.4 Å². The van der Waals surface area contributed by atoms with Gasteiger partial charge in [-0.1, -0.05) is 11.3 Å². The predicted molar refractivity (Wildman–Crippen MR) is 54.8 cm³/mol. The minimum atomic E-state index is -2.09. The molecule has 0 aromatic carbocycles. The molecule has 0 amide bonds. The third kappa shape index (κ3) is 3.70. The third-order valence-corrected chi connectivity index (χ3v) is 3.09. The molecule has 0 N–H and O–H groups in total. The Hall–Kier alpha value is 0.140. The van der Waals surface area contributed by atoms with Crippen LogP contribution in [0.3, 0.4) is 0 Å². The number of rotatable bonds is 3. The van der Waals surface area contributed by atoms with Crippen molar-refractivity contribution < 1.29 is 9.30 Å². The van der Waals surface area contributed by atoms with Crippen LogP contribution in [0.1, 0.15) is 0 Å². The summed E-state index contributed by atoms with van der Waals surface area (Å²) in [7, 11) is -2.09. The van der Waals surface area contributed by atoms with Gasteiger partial charge in [0.25, 0.3) is 5.19 Å². The van der Waals surface area contributed by atoms with Crippen molar-refractivity contribution in [1.82, 2.24) is 4.98 Å². The Balaban J connectivity index is 2.49. The molecule has 0 saturated heterocycles. The number of nitrogens with zero attached hydrogens (tertiary/aromatic N) is 1. The van der Waals surface area contributed by atoms with Crippen LogP contribution in [0.2, 0.25) is 0 Å². The molecule has 0 atom stereocenters. The van der Waals surface area contributed by atoms with Crippen molar-refractivity contribution in [2.75, 3.05) is 19.7 Å². The largest absolute Gasteiger partial charge is 0.462 e. The van der Waals surface area contributed by atoms with Crippen LogP contribution in [0.15, 0.2) is 9.98 Å². The van der Waals surface area contributed by atoms with E-state index >= 15 is 0 Å². The second-order valence-electron chi connectivity index (χ2n) is 2.78. The van der Waals surface area contributed by atoms with Crippen LogP contribution in [0.4, 0.5) is 0 Å². The van der Waals surface area contributed by atoms with Gasteiger partial charge in [0.05, 0.1) is 9.98 Å². The van der Waals surface area contributed by atoms with Gasteiger partial charge in [0.1, 0.15) is 13.5 Å². The van der Waals surface area contributed by atoms with Gasteiger partial charge >= 0.3 is 0 Å². The van der Waals surface area contributed by atoms with E-state index in [4.69, 9.17) is 4.74 Å². The lowest BCUT2D eigenvalue weighted by molar-refractivity contribution is 0.375. The van der Waals surface area contributed by atoms with Crippen molar-refractivity contribution in [2.24, 2.45) is 0 Å². The lowest BCUT2D eigenvalue weighted by Crippen LogP contribution is -1.96. The molecule has 0 unspecified atom stereocenters. The summed E-state index contributed by atoms with van der Waals surface area (Å²) < 4.78 is 17.4. The summed E-state index contributed by atoms with van der Waals surface area (Å²) in [5.74, 6) is 0. The molecule has 1 aromatic rings. The molecule has 0 aliphatic rings. The van der Waals surface area contributed by atoms with Crippen molar-refractivity contribution in [3.05, 3.63) is 9.98 Å². The van der Waals surface area contributed by atoms with Crippen LogP contribution < -0.4 is 4.74 Å². The van der Waals surface area contributed by atoms with Gasteiger partial charge in [0.2, 0.25) is 0 Å². The highest BCUT2D eigenvalue weighted by Crippen LogP contribution is 2.37. The summed E-state index contributed by atoms with van der Waals surface area (Å²) in [6.07, 6.45) is 1.92. The number of thiazole rings is 1. The maximum atomic E-state index is 11.2. The van der Waals surface area contributed by atoms with E-state index < -0.39 is 7.14 Å². The zero-order chi connectivity index (χ0) is 9.19. The molecule has 0 bridgehead atoms. The highest BCUT2D eigenvalue weighted by atomic mass is 79.9. The van der Waals surface area contributed by atoms with Gasteiger partial charge in [-0.05, 0) is 29.3 Å². The average Bonchev–Trinajstić information content (AvgIpc) is 2.30. The van der Waals surface area contributed by atoms with E-state index in [0.29, 0.717) is 5.19 Å². The van der Waals surface area contributed by atoms with Crippen LogP contribution in [-0.4, -0.2) is 24.7 Å². The van der Waals surface area contributed by atoms with Crippen LogP contribution >= 0.6 is 34.4 Å². The fraction of sp³-hybridized carbons (Fsp3) is 0.500. The molecule has 1 aromatic heterocycles. The van der Waals surface area contributed by atoms with E-state index in [-0.39, 0.29) is 6.35 Å². The molecule has 0 spiro atoms. The van der Waals surface area contributed by atoms with Crippen LogP contribution in [-0.2, 0) is 4.57 Å². The van der Waals surface area contributed by atoms with E-state index in [1.54, 1.807) is 19.5 Å². The SMILES string of the molecule is CP(C)(=O)COc1ncc(Br)s1. The topological polar surface area (TPSA) is 39.2 Å². The Kier molecular flexibility index (Phi) is 3.32. The molecule has 1 heterocycles. The molecule has 6 heteroatoms. The first-order valence-electron chi connectivity index (χ1n) is 3.25. The number of halogens is 1. The second-order valence-corrected chi connectivity index (χ2v) is 8.56. The predicted octanol–water partition coefficient (Wildman–Crippen LogP) is 2.86. The minimum Gasteiger partial charge on any atom is -0.462 e. The number of hydrogen-bond donors (Lipinski definition) is 0. The second kappa shape index (κ2) is 3.90. The Bertz CT molecular complexity index is 308. The smallest absolute Gasteiger partial charge is 0.274 e. The van der Waals surface area contributed by atoms with E-state index in [1.807, 2.05) is 0 Å². The molecule has 0 saturated carbocycles. The summed E-state index contributed by atoms with van der Waals surface area (Å²) in [6.45, 7) is 3.38. The standard InChI is InChI=1S/C6H9BrNO2PS/c1-11(2,9)4-10-6-8-3-5(7)12-6/h3H,4H2,1-2H3. The molecule has 3 nitrogen and oxygen atoms in total. The highest BCUT2D eigenvalue weighted by Gasteiger charge is 2.09. The maximum absolute atomic E-state index is 11.2. The molecular formula is C6H9BrNO2PS. The lowest BCUT2D eigenvalue weighted by Gasteiger charge is -2.05. The Morgan fingerprint density at radius 3 is 2.83 bits per heavy atom. The summed E-state index contributed by atoms with van der Waals surface area (Å²) in [6, 6.07) is 0. The zero-order valence-corrected chi connectivity index (χ0v) is 10.1. The van der Waals surface area contributed by atoms with Crippen LogP contribution in [0.25, 0.3) is 0 Å². The first kappa shape index (κ1) is 10.2. The van der Waals surface area contributed by atoms with Gasteiger partial charge < -0.3 is 9.30 Å². The van der Waals surface area contributed by atoms with Crippen molar-refractivity contribution in [2.45, 2.75) is 0 Å². The molecular weight excluding hydrogens is 261 g/mol. The van der Waals surface area contributed by atoms with E-state index in [0.717, 1.165) is 3.79 Å². The fourth-order valence-electron chi connectivity index (χ4n) is 0.517. The first-order valence-corrected chi connectivity index (χ1v) is 7.65. The van der Waals surface area contributed by atoms with Crippen LogP contribution in [0.5, 0.6) is 5.19 Å². The molecule has 0 aliphatic carbocycles. The zero-order valence-electron chi connectivity index (χ0n) is 6.78. The lowest BCUT2D eigenvalue weighted by atomic mass is 11.0. The van der Waals surface area contributed by atoms with Gasteiger partial charge in [-0.2, -0.15) is 0 Å². The van der Waals surface area contributed by atoms with Gasteiger partial charge in [-0.3, -0.25) is 0 Å². The van der Waals surface area contributed by atoms with E-state index in [2.05, 4.69) is 20.9 Å². The number of ether oxygens (including phenoxy) is 1. The molecule has 0 fully saturated rings. The molecule has 68 valence electrons. The summed E-state index contributed by atoms with van der Waals surface area (Å²) in [4.78, 5) is 3.95. The maximum Gasteiger partial charge on any atom is 0.274 e. The molecule has 12 heavy (non-hydrogen) atoms. The van der Waals surface area contributed by atoms with Crippen LogP contribution in [0, 0.1) is 0 Å². The normalized spacial score (nSPS) is 11.6. The van der Waals surface area contributed by atoms with Gasteiger partial charge in [0, 0.05) is 0 Å². The van der Waals surface area contributed by atoms with E-state index in [1.165, 1.54) is 11.3 Å². The quantitative estimate of drug-likeness (QED) is 0.793. The molecule has 0 radical (unpaired) electrons. The summed E-state index contributed by atoms with van der Waals surface area (Å²) >= 11 is 4.65. The first-order chi connectivity index (χ1) is 5.47. The minimum absolute atomic E-state index is 0.257. The van der Waals surface area contributed by atoms with Gasteiger partial charge in [-0.15, -0.1) is 0 Å². The molecule has 0 aliphatic heterocycles. The van der Waals surface area contributed by atoms with Gasteiger partial charge in [0.15, 0.2) is 0 Å². The molecule has 1 rings (SSSR count). The fourth-order valence-corrected chi connectivity index (χ4v) is 2.05. The Labute approximate surface area is 83.7 Å². The highest BCUT2D eigenvalue weighted by molar-refractivity contribution is 9.11. The Morgan fingerprint density at radius 2 is 2.42 bits per heavy atom. The average molecular weight is 270 g/mol. The van der Waals surface area contributed by atoms with Crippen molar-refractivity contribution in [3.63, 3.8) is 0 Å². The Morgan fingerprint density at radius 1 is 1.75 bits per heavy atom. The monoisotopic (exact) mass is 269 g/mol. The van der Waals surface area contributed by atoms with Crippen molar-refractivity contribution in [3.8, 4) is 5.19 Å². The number of aromatic nitrogens is 1. The summed E-state index contributed by atoms with van der Waals surface area (Å²) in [5.41, 5.74) is 0. The number of hydrogen-bond acceptors (Lipinski definition) is 4. The van der Waals surface area contributed by atoms with E-state index in [9.17, 15) is 4.57 Å².